The molecule has 5 nitrogen and oxygen atoms in total. The molecule has 24 heavy (non-hydrogen) atoms. The highest BCUT2D eigenvalue weighted by Crippen LogP contribution is 2.37. The molecule has 1 aromatic carbocycles. The molecule has 6 heteroatoms. The van der Waals surface area contributed by atoms with Gasteiger partial charge in [-0.25, -0.2) is 8.42 Å². The van der Waals surface area contributed by atoms with Gasteiger partial charge in [0.2, 0.25) is 0 Å². The lowest BCUT2D eigenvalue weighted by Gasteiger charge is -2.15. The zero-order valence-electron chi connectivity index (χ0n) is 14.3. The van der Waals surface area contributed by atoms with Crippen LogP contribution in [0.4, 0.5) is 0 Å². The van der Waals surface area contributed by atoms with Gasteiger partial charge in [0.15, 0.2) is 12.6 Å². The van der Waals surface area contributed by atoms with E-state index in [1.165, 1.54) is 50.3 Å². The van der Waals surface area contributed by atoms with Crippen molar-refractivity contribution in [1.82, 2.24) is 0 Å². The lowest BCUT2D eigenvalue weighted by atomic mass is 10.0. The van der Waals surface area contributed by atoms with E-state index in [0.29, 0.717) is 5.92 Å². The molecule has 132 valence electrons. The van der Waals surface area contributed by atoms with Crippen LogP contribution in [0.15, 0.2) is 29.2 Å². The van der Waals surface area contributed by atoms with Crippen LogP contribution in [0.5, 0.6) is 0 Å². The van der Waals surface area contributed by atoms with Crippen molar-refractivity contribution in [3.05, 3.63) is 29.8 Å². The average Bonchev–Trinajstić information content (AvgIpc) is 3.27. The Morgan fingerprint density at radius 1 is 1.17 bits per heavy atom. The monoisotopic (exact) mass is 351 g/mol. The fraction of sp³-hybridized carbons (Fsp3) is 0.611. The molecule has 0 aromatic heterocycles. The number of rotatable bonds is 2. The lowest BCUT2D eigenvalue weighted by Crippen LogP contribution is -2.34. The van der Waals surface area contributed by atoms with Crippen LogP contribution in [0.25, 0.3) is 0 Å². The minimum atomic E-state index is -4.27. The summed E-state index contributed by atoms with van der Waals surface area (Å²) >= 11 is 0. The van der Waals surface area contributed by atoms with Crippen molar-refractivity contribution in [3.8, 4) is 0 Å². The van der Waals surface area contributed by atoms with Crippen LogP contribution in [-0.4, -0.2) is 42.6 Å². The second-order valence-electron chi connectivity index (χ2n) is 7.06. The van der Waals surface area contributed by atoms with E-state index >= 15 is 0 Å². The molecule has 4 rings (SSSR count). The molecule has 0 saturated heterocycles. The molecule has 0 spiro atoms. The van der Waals surface area contributed by atoms with Crippen molar-refractivity contribution in [3.63, 3.8) is 0 Å². The molecule has 2 aliphatic heterocycles. The van der Waals surface area contributed by atoms with Crippen LogP contribution < -0.4 is 0 Å². The van der Waals surface area contributed by atoms with Crippen molar-refractivity contribution < 1.29 is 22.3 Å². The fourth-order valence-corrected chi connectivity index (χ4v) is 3.95. The number of hydrogen-bond donors (Lipinski definition) is 0. The summed E-state index contributed by atoms with van der Waals surface area (Å²) in [6, 6.07) is 6.53. The van der Waals surface area contributed by atoms with Gasteiger partial charge >= 0.3 is 5.90 Å². The molecule has 0 N–H and O–H groups in total. The van der Waals surface area contributed by atoms with E-state index in [2.05, 4.69) is 11.5 Å². The van der Waals surface area contributed by atoms with Gasteiger partial charge in [0, 0.05) is 12.3 Å². The number of hydrogen-bond acceptors (Lipinski definition) is 4. The van der Waals surface area contributed by atoms with Crippen molar-refractivity contribution in [2.45, 2.75) is 50.5 Å². The van der Waals surface area contributed by atoms with E-state index in [4.69, 9.17) is 4.74 Å². The van der Waals surface area contributed by atoms with Crippen LogP contribution in [0.3, 0.4) is 0 Å². The second kappa shape index (κ2) is 6.84. The summed E-state index contributed by atoms with van der Waals surface area (Å²) in [5.41, 5.74) is 0.928. The first-order chi connectivity index (χ1) is 11.4. The molecular weight excluding hydrogens is 326 g/mol. The average molecular weight is 351 g/mol. The third-order valence-electron chi connectivity index (χ3n) is 5.02. The molecule has 1 fully saturated rings. The number of ether oxygens (including phenoxy) is 1. The highest BCUT2D eigenvalue weighted by atomic mass is 32.2. The van der Waals surface area contributed by atoms with Gasteiger partial charge in [-0.2, -0.15) is 4.58 Å². The van der Waals surface area contributed by atoms with E-state index in [1.54, 1.807) is 12.1 Å². The lowest BCUT2D eigenvalue weighted by molar-refractivity contribution is -0.566. The SMILES string of the molecule is CC1CCC[N+]2=C1OCC2C1CC1.Cc1ccc(S(=O)(=O)[O-])cc1. The van der Waals surface area contributed by atoms with Gasteiger partial charge < -0.3 is 9.29 Å². The maximum atomic E-state index is 10.4. The Kier molecular flexibility index (Phi) is 4.97. The van der Waals surface area contributed by atoms with E-state index in [0.717, 1.165) is 24.1 Å². The summed E-state index contributed by atoms with van der Waals surface area (Å²) in [6.45, 7) is 6.35. The molecular formula is C18H25NO4S. The Bertz CT molecular complexity index is 720. The quantitative estimate of drug-likeness (QED) is 0.606. The molecule has 0 radical (unpaired) electrons. The molecule has 2 atom stereocenters. The van der Waals surface area contributed by atoms with Gasteiger partial charge in [0.1, 0.15) is 16.7 Å². The largest absolute Gasteiger partial charge is 0.744 e. The fourth-order valence-electron chi connectivity index (χ4n) is 3.48. The molecule has 3 aliphatic rings. The Morgan fingerprint density at radius 2 is 1.83 bits per heavy atom. The summed E-state index contributed by atoms with van der Waals surface area (Å²) < 4.78 is 39.6. The molecule has 2 heterocycles. The zero-order chi connectivity index (χ0) is 17.3. The maximum absolute atomic E-state index is 10.4. The van der Waals surface area contributed by atoms with Gasteiger partial charge in [0.25, 0.3) is 0 Å². The molecule has 1 saturated carbocycles. The first kappa shape index (κ1) is 17.4. The van der Waals surface area contributed by atoms with Crippen molar-refractivity contribution >= 4 is 16.0 Å². The minimum Gasteiger partial charge on any atom is -0.744 e. The summed E-state index contributed by atoms with van der Waals surface area (Å²) in [7, 11) is -4.27. The molecule has 0 amide bonds. The van der Waals surface area contributed by atoms with E-state index in [9.17, 15) is 13.0 Å². The van der Waals surface area contributed by atoms with Crippen LogP contribution >= 0.6 is 0 Å². The predicted octanol–water partition coefficient (Wildman–Crippen LogP) is 2.54. The molecule has 1 aromatic rings. The third kappa shape index (κ3) is 3.98. The standard InChI is InChI=1S/C11H18NO.C7H8O3S/c1-8-3-2-6-12-10(9-4-5-9)7-13-11(8)12;1-6-2-4-7(5-3-6)11(8,9)10/h8-10H,2-7H2,1H3;2-5H,1H3,(H,8,9,10)/q+1;/p-1. The highest BCUT2D eigenvalue weighted by molar-refractivity contribution is 7.85. The molecule has 0 bridgehead atoms. The van der Waals surface area contributed by atoms with Crippen LogP contribution in [0, 0.1) is 18.8 Å². The predicted molar refractivity (Wildman–Crippen MR) is 90.1 cm³/mol. The van der Waals surface area contributed by atoms with Gasteiger partial charge in [-0.15, -0.1) is 0 Å². The van der Waals surface area contributed by atoms with Crippen LogP contribution in [0.1, 0.15) is 38.2 Å². The molecule has 1 aliphatic carbocycles. The first-order valence-electron chi connectivity index (χ1n) is 8.65. The van der Waals surface area contributed by atoms with Gasteiger partial charge in [0.05, 0.1) is 10.8 Å². The summed E-state index contributed by atoms with van der Waals surface area (Å²) in [4.78, 5) is -0.178. The van der Waals surface area contributed by atoms with Crippen molar-refractivity contribution in [2.75, 3.05) is 13.2 Å². The molecule has 2 unspecified atom stereocenters. The van der Waals surface area contributed by atoms with Gasteiger partial charge in [-0.3, -0.25) is 0 Å². The first-order valence-corrected chi connectivity index (χ1v) is 10.1. The maximum Gasteiger partial charge on any atom is 0.339 e. The topological polar surface area (TPSA) is 69.4 Å². The smallest absolute Gasteiger partial charge is 0.339 e. The van der Waals surface area contributed by atoms with E-state index < -0.39 is 10.1 Å². The normalized spacial score (nSPS) is 26.3. The number of aryl methyl sites for hydroxylation is 1. The van der Waals surface area contributed by atoms with Crippen molar-refractivity contribution in [1.29, 1.82) is 0 Å². The Hall–Kier alpha value is -1.40. The van der Waals surface area contributed by atoms with E-state index in [1.807, 2.05) is 6.92 Å². The third-order valence-corrected chi connectivity index (χ3v) is 5.87. The van der Waals surface area contributed by atoms with E-state index in [-0.39, 0.29) is 4.90 Å². The van der Waals surface area contributed by atoms with Gasteiger partial charge in [-0.1, -0.05) is 17.7 Å². The van der Waals surface area contributed by atoms with Crippen LogP contribution in [0.2, 0.25) is 0 Å². The Labute approximate surface area is 144 Å². The number of benzene rings is 1. The van der Waals surface area contributed by atoms with Crippen molar-refractivity contribution in [2.24, 2.45) is 11.8 Å². The Morgan fingerprint density at radius 3 is 2.42 bits per heavy atom. The Balaban J connectivity index is 0.000000144. The number of nitrogens with zero attached hydrogens (tertiary/aromatic N) is 1. The summed E-state index contributed by atoms with van der Waals surface area (Å²) in [5.74, 6) is 2.95. The minimum absolute atomic E-state index is 0.178. The highest BCUT2D eigenvalue weighted by Gasteiger charge is 2.47. The second-order valence-corrected chi connectivity index (χ2v) is 8.44. The zero-order valence-corrected chi connectivity index (χ0v) is 15.1. The van der Waals surface area contributed by atoms with Gasteiger partial charge in [-0.05, 0) is 45.2 Å². The summed E-state index contributed by atoms with van der Waals surface area (Å²) in [6.07, 6.45) is 5.55. The summed E-state index contributed by atoms with van der Waals surface area (Å²) in [5, 5.41) is 0. The van der Waals surface area contributed by atoms with Crippen LogP contribution in [-0.2, 0) is 14.9 Å².